The molecule has 0 aromatic carbocycles. The van der Waals surface area contributed by atoms with Crippen LogP contribution >= 0.6 is 23.2 Å². The van der Waals surface area contributed by atoms with Gasteiger partial charge < -0.3 is 0 Å². The number of hydrogen-bond acceptors (Lipinski definition) is 5. The molecule has 3 aromatic rings. The molecule has 3 heterocycles. The summed E-state index contributed by atoms with van der Waals surface area (Å²) in [5, 5.41) is 16.2. The first-order valence-corrected chi connectivity index (χ1v) is 9.52. The molecule has 150 valence electrons. The highest BCUT2D eigenvalue weighted by atomic mass is 35.5. The molecule has 9 nitrogen and oxygen atoms in total. The van der Waals surface area contributed by atoms with Gasteiger partial charge in [0.2, 0.25) is 5.96 Å². The molecular weight excluding hydrogens is 413 g/mol. The number of H-pyrrole nitrogens is 1. The van der Waals surface area contributed by atoms with E-state index in [0.717, 1.165) is 22.3 Å². The summed E-state index contributed by atoms with van der Waals surface area (Å²) in [5.74, 6) is 1.02. The molecule has 0 amide bonds. The summed E-state index contributed by atoms with van der Waals surface area (Å²) in [6.07, 6.45) is 1.83. The van der Waals surface area contributed by atoms with E-state index in [9.17, 15) is 0 Å². The molecule has 0 fully saturated rings. The van der Waals surface area contributed by atoms with E-state index in [1.165, 1.54) is 12.1 Å². The number of guanidine groups is 1. The third kappa shape index (κ3) is 4.67. The number of fused-ring (bicyclic) bond motifs is 1. The third-order valence-electron chi connectivity index (χ3n) is 4.15. The van der Waals surface area contributed by atoms with Gasteiger partial charge in [0.05, 0.1) is 16.8 Å². The second-order valence-corrected chi connectivity index (χ2v) is 7.44. The monoisotopic (exact) mass is 432 g/mol. The molecule has 0 spiro atoms. The lowest BCUT2D eigenvalue weighted by Crippen LogP contribution is -2.38. The topological polar surface area (TPSA) is 118 Å². The normalized spacial score (nSPS) is 11.6. The van der Waals surface area contributed by atoms with Gasteiger partial charge in [0.15, 0.2) is 6.19 Å². The zero-order valence-corrected chi connectivity index (χ0v) is 17.8. The Hall–Kier alpha value is -3.09. The average Bonchev–Trinajstić information content (AvgIpc) is 2.92. The standard InChI is InChI=1S/C18H19Cl2N9/c1-9(2)12-7-15(25-17-16(12)10(3)28-29(17)4)26-27-18(22-8-21)23-11-5-13(19)24-14(20)6-11/h5-7,9H,1-4H3,(H3,22,23,24,25,26,27,28)/p+1. The van der Waals surface area contributed by atoms with Gasteiger partial charge in [-0.25, -0.2) is 15.1 Å². The van der Waals surface area contributed by atoms with Crippen molar-refractivity contribution in [1.82, 2.24) is 25.8 Å². The van der Waals surface area contributed by atoms with Crippen LogP contribution in [-0.2, 0) is 7.05 Å². The summed E-state index contributed by atoms with van der Waals surface area (Å²) in [5.41, 5.74) is 9.30. The van der Waals surface area contributed by atoms with Crippen LogP contribution in [0.2, 0.25) is 10.3 Å². The lowest BCUT2D eigenvalue weighted by atomic mass is 10.00. The SMILES string of the molecule is Cc1[nH][n+](C)c2nc(NNC(=Nc3cc(Cl)nc(Cl)c3)NC#N)cc(C(C)C)c12. The van der Waals surface area contributed by atoms with Gasteiger partial charge in [0.25, 0.3) is 5.82 Å². The number of aromatic nitrogens is 4. The number of halogens is 2. The number of pyridine rings is 2. The van der Waals surface area contributed by atoms with Crippen molar-refractivity contribution in [2.24, 2.45) is 12.0 Å². The fourth-order valence-corrected chi connectivity index (χ4v) is 3.42. The van der Waals surface area contributed by atoms with E-state index in [2.05, 4.69) is 50.1 Å². The molecule has 11 heteroatoms. The number of aliphatic imine (C=N–C) groups is 1. The van der Waals surface area contributed by atoms with Crippen LogP contribution in [0.5, 0.6) is 0 Å². The van der Waals surface area contributed by atoms with Gasteiger partial charge in [-0.2, -0.15) is 9.94 Å². The van der Waals surface area contributed by atoms with Gasteiger partial charge in [-0.3, -0.25) is 16.2 Å². The molecule has 0 radical (unpaired) electrons. The predicted molar refractivity (Wildman–Crippen MR) is 113 cm³/mol. The molecule has 0 aliphatic heterocycles. The van der Waals surface area contributed by atoms with Gasteiger partial charge in [0.1, 0.15) is 17.4 Å². The Labute approximate surface area is 177 Å². The molecule has 0 unspecified atom stereocenters. The maximum absolute atomic E-state index is 9.02. The van der Waals surface area contributed by atoms with Crippen molar-refractivity contribution in [3.63, 3.8) is 0 Å². The maximum atomic E-state index is 9.02. The summed E-state index contributed by atoms with van der Waals surface area (Å²) in [4.78, 5) is 12.8. The number of aryl methyl sites for hydroxylation is 2. The fourth-order valence-electron chi connectivity index (χ4n) is 2.97. The highest BCUT2D eigenvalue weighted by Gasteiger charge is 2.21. The molecular formula is C18H20Cl2N9+. The Balaban J connectivity index is 1.92. The number of aromatic amines is 1. The summed E-state index contributed by atoms with van der Waals surface area (Å²) in [6, 6.07) is 5.01. The molecule has 3 aromatic heterocycles. The van der Waals surface area contributed by atoms with Crippen LogP contribution in [0.25, 0.3) is 11.0 Å². The quantitative estimate of drug-likeness (QED) is 0.0955. The van der Waals surface area contributed by atoms with E-state index in [4.69, 9.17) is 28.5 Å². The first kappa shape index (κ1) is 20.6. The predicted octanol–water partition coefficient (Wildman–Crippen LogP) is 3.20. The second-order valence-electron chi connectivity index (χ2n) is 6.66. The number of anilines is 1. The van der Waals surface area contributed by atoms with Crippen molar-refractivity contribution in [2.45, 2.75) is 26.7 Å². The Morgan fingerprint density at radius 1 is 1.24 bits per heavy atom. The number of nitriles is 1. The van der Waals surface area contributed by atoms with Crippen LogP contribution in [0, 0.1) is 18.4 Å². The Morgan fingerprint density at radius 3 is 2.55 bits per heavy atom. The van der Waals surface area contributed by atoms with Gasteiger partial charge in [-0.1, -0.05) is 37.0 Å². The summed E-state index contributed by atoms with van der Waals surface area (Å²) in [6.45, 7) is 6.27. The van der Waals surface area contributed by atoms with Crippen molar-refractivity contribution in [3.05, 3.63) is 39.8 Å². The largest absolute Gasteiger partial charge is 0.353 e. The molecule has 0 aliphatic rings. The van der Waals surface area contributed by atoms with Crippen LogP contribution in [0.1, 0.15) is 31.0 Å². The first-order chi connectivity index (χ1) is 13.8. The number of nitrogens with zero attached hydrogens (tertiary/aromatic N) is 5. The summed E-state index contributed by atoms with van der Waals surface area (Å²) in [7, 11) is 1.91. The van der Waals surface area contributed by atoms with Crippen molar-refractivity contribution >= 4 is 51.7 Å². The van der Waals surface area contributed by atoms with Crippen LogP contribution in [0.3, 0.4) is 0 Å². The fraction of sp³-hybridized carbons (Fsp3) is 0.278. The van der Waals surface area contributed by atoms with E-state index < -0.39 is 0 Å². The van der Waals surface area contributed by atoms with E-state index in [-0.39, 0.29) is 16.3 Å². The van der Waals surface area contributed by atoms with E-state index in [1.807, 2.05) is 30.9 Å². The number of rotatable bonds is 4. The minimum absolute atomic E-state index is 0.147. The average molecular weight is 433 g/mol. The first-order valence-electron chi connectivity index (χ1n) is 8.76. The summed E-state index contributed by atoms with van der Waals surface area (Å²) < 4.78 is 1.87. The van der Waals surface area contributed by atoms with Crippen molar-refractivity contribution in [3.8, 4) is 6.19 Å². The number of nitrogens with one attached hydrogen (secondary N) is 4. The van der Waals surface area contributed by atoms with Gasteiger partial charge >= 0.3 is 5.65 Å². The zero-order valence-electron chi connectivity index (χ0n) is 16.3. The van der Waals surface area contributed by atoms with Gasteiger partial charge in [-0.15, -0.1) is 0 Å². The number of hydrogen-bond donors (Lipinski definition) is 4. The number of hydrazine groups is 1. The molecule has 0 saturated carbocycles. The Bertz CT molecular complexity index is 1110. The highest BCUT2D eigenvalue weighted by Crippen LogP contribution is 2.27. The summed E-state index contributed by atoms with van der Waals surface area (Å²) >= 11 is 11.8. The van der Waals surface area contributed by atoms with Crippen molar-refractivity contribution in [2.75, 3.05) is 5.43 Å². The lowest BCUT2D eigenvalue weighted by Gasteiger charge is -2.10. The molecule has 4 N–H and O–H groups in total. The minimum Gasteiger partial charge on any atom is -0.266 e. The van der Waals surface area contributed by atoms with Crippen molar-refractivity contribution < 1.29 is 4.68 Å². The highest BCUT2D eigenvalue weighted by molar-refractivity contribution is 6.32. The zero-order chi connectivity index (χ0) is 21.1. The molecule has 3 rings (SSSR count). The molecule has 0 aliphatic carbocycles. The second kappa shape index (κ2) is 8.51. The van der Waals surface area contributed by atoms with Gasteiger partial charge in [0, 0.05) is 18.2 Å². The molecule has 29 heavy (non-hydrogen) atoms. The van der Waals surface area contributed by atoms with E-state index in [0.29, 0.717) is 17.4 Å². The lowest BCUT2D eigenvalue weighted by molar-refractivity contribution is -0.704. The maximum Gasteiger partial charge on any atom is 0.353 e. The Kier molecular flexibility index (Phi) is 6.06. The third-order valence-corrected chi connectivity index (χ3v) is 4.54. The van der Waals surface area contributed by atoms with Crippen LogP contribution < -0.4 is 20.9 Å². The molecule has 0 bridgehead atoms. The smallest absolute Gasteiger partial charge is 0.266 e. The molecule has 0 saturated heterocycles. The van der Waals surface area contributed by atoms with E-state index >= 15 is 0 Å². The van der Waals surface area contributed by atoms with Gasteiger partial charge in [-0.05, 0) is 23.4 Å². The minimum atomic E-state index is 0.147. The van der Waals surface area contributed by atoms with Crippen molar-refractivity contribution in [1.29, 1.82) is 5.26 Å². The van der Waals surface area contributed by atoms with Crippen LogP contribution in [0.15, 0.2) is 23.2 Å². The van der Waals surface area contributed by atoms with Crippen LogP contribution in [0.4, 0.5) is 11.5 Å². The van der Waals surface area contributed by atoms with E-state index in [1.54, 1.807) is 0 Å². The Morgan fingerprint density at radius 2 is 1.93 bits per heavy atom. The van der Waals surface area contributed by atoms with Crippen LogP contribution in [-0.4, -0.2) is 21.0 Å². The molecule has 0 atom stereocenters.